The van der Waals surface area contributed by atoms with E-state index in [0.717, 1.165) is 24.2 Å². The number of benzene rings is 1. The Balaban J connectivity index is 1.51. The molecule has 0 aliphatic carbocycles. The van der Waals surface area contributed by atoms with Gasteiger partial charge in [0.1, 0.15) is 5.82 Å². The number of carbonyl (C=O) groups is 1. The summed E-state index contributed by atoms with van der Waals surface area (Å²) >= 11 is 0. The number of hydrogen-bond donors (Lipinski definition) is 3. The van der Waals surface area contributed by atoms with Crippen LogP contribution in [-0.2, 0) is 11.2 Å². The average Bonchev–Trinajstić information content (AvgIpc) is 2.69. The van der Waals surface area contributed by atoms with Gasteiger partial charge in [0, 0.05) is 25.1 Å². The van der Waals surface area contributed by atoms with Crippen LogP contribution in [0.4, 0.5) is 5.82 Å². The Morgan fingerprint density at radius 3 is 2.58 bits per heavy atom. The fourth-order valence-electron chi connectivity index (χ4n) is 3.26. The van der Waals surface area contributed by atoms with Crippen molar-refractivity contribution < 1.29 is 9.90 Å². The summed E-state index contributed by atoms with van der Waals surface area (Å²) in [5.41, 5.74) is 0.863. The zero-order valence-corrected chi connectivity index (χ0v) is 14.6. The number of aromatic nitrogens is 2. The maximum Gasteiger partial charge on any atom is 0.264 e. The van der Waals surface area contributed by atoms with Gasteiger partial charge in [-0.15, -0.1) is 0 Å². The minimum atomic E-state index is -0.274. The summed E-state index contributed by atoms with van der Waals surface area (Å²) in [4.78, 5) is 25.7. The third-order valence-corrected chi connectivity index (χ3v) is 4.75. The summed E-state index contributed by atoms with van der Waals surface area (Å²) in [5, 5.41) is 19.0. The number of amides is 1. The van der Waals surface area contributed by atoms with Gasteiger partial charge in [-0.05, 0) is 30.9 Å². The molecular formula is C19H24N4O3. The van der Waals surface area contributed by atoms with Crippen molar-refractivity contribution in [3.8, 4) is 0 Å². The molecule has 3 rings (SSSR count). The zero-order chi connectivity index (χ0) is 18.4. The first-order valence-electron chi connectivity index (χ1n) is 8.91. The largest absolute Gasteiger partial charge is 0.394 e. The molecule has 0 bridgehead atoms. The van der Waals surface area contributed by atoms with E-state index in [0.29, 0.717) is 19.5 Å². The second kappa shape index (κ2) is 8.62. The third-order valence-electron chi connectivity index (χ3n) is 4.75. The van der Waals surface area contributed by atoms with Gasteiger partial charge in [0.25, 0.3) is 5.56 Å². The fourth-order valence-corrected chi connectivity index (χ4v) is 3.26. The van der Waals surface area contributed by atoms with Gasteiger partial charge in [-0.2, -0.15) is 5.10 Å². The van der Waals surface area contributed by atoms with E-state index in [2.05, 4.69) is 20.4 Å². The Morgan fingerprint density at radius 1 is 1.23 bits per heavy atom. The number of carbonyl (C=O) groups excluding carboxylic acids is 1. The summed E-state index contributed by atoms with van der Waals surface area (Å²) in [7, 11) is 0. The van der Waals surface area contributed by atoms with E-state index < -0.39 is 0 Å². The smallest absolute Gasteiger partial charge is 0.264 e. The maximum atomic E-state index is 12.5. The number of piperidine rings is 1. The van der Waals surface area contributed by atoms with E-state index in [-0.39, 0.29) is 30.0 Å². The van der Waals surface area contributed by atoms with Crippen LogP contribution < -0.4 is 15.8 Å². The Bertz CT molecular complexity index is 749. The first-order valence-corrected chi connectivity index (χ1v) is 8.91. The van der Waals surface area contributed by atoms with E-state index in [9.17, 15) is 14.7 Å². The number of rotatable bonds is 6. The number of aliphatic hydroxyl groups excluding tert-OH is 1. The van der Waals surface area contributed by atoms with Gasteiger partial charge in [-0.1, -0.05) is 30.3 Å². The van der Waals surface area contributed by atoms with Crippen molar-refractivity contribution in [2.45, 2.75) is 25.3 Å². The van der Waals surface area contributed by atoms with Gasteiger partial charge in [0.15, 0.2) is 0 Å². The predicted molar refractivity (Wildman–Crippen MR) is 99.0 cm³/mol. The van der Waals surface area contributed by atoms with Crippen LogP contribution in [0, 0.1) is 5.92 Å². The zero-order valence-electron chi connectivity index (χ0n) is 14.6. The first kappa shape index (κ1) is 18.1. The minimum absolute atomic E-state index is 0.00550. The third kappa shape index (κ3) is 4.70. The SMILES string of the molecule is O=C(N[C@@H](CO)Cc1ccccc1)C1CCN(c2ccc(=O)[nH]n2)CC1. The average molecular weight is 356 g/mol. The lowest BCUT2D eigenvalue weighted by atomic mass is 9.95. The summed E-state index contributed by atoms with van der Waals surface area (Å²) in [6.07, 6.45) is 2.05. The molecule has 1 atom stereocenters. The van der Waals surface area contributed by atoms with E-state index in [1.165, 1.54) is 6.07 Å². The van der Waals surface area contributed by atoms with Crippen molar-refractivity contribution in [3.05, 3.63) is 58.4 Å². The molecule has 0 saturated carbocycles. The van der Waals surface area contributed by atoms with E-state index in [4.69, 9.17) is 0 Å². The Morgan fingerprint density at radius 2 is 1.96 bits per heavy atom. The molecule has 1 aliphatic heterocycles. The number of nitrogens with one attached hydrogen (secondary N) is 2. The van der Waals surface area contributed by atoms with Gasteiger partial charge in [-0.3, -0.25) is 9.59 Å². The molecule has 1 aromatic heterocycles. The van der Waals surface area contributed by atoms with Gasteiger partial charge in [0.05, 0.1) is 12.6 Å². The predicted octanol–water partition coefficient (Wildman–Crippen LogP) is 0.706. The normalized spacial score (nSPS) is 16.3. The molecule has 0 unspecified atom stereocenters. The highest BCUT2D eigenvalue weighted by Gasteiger charge is 2.27. The molecular weight excluding hydrogens is 332 g/mol. The van der Waals surface area contributed by atoms with Crippen molar-refractivity contribution in [1.82, 2.24) is 15.5 Å². The second-order valence-corrected chi connectivity index (χ2v) is 6.62. The molecule has 138 valence electrons. The van der Waals surface area contributed by atoms with E-state index in [1.54, 1.807) is 6.07 Å². The summed E-state index contributed by atoms with van der Waals surface area (Å²) in [5.74, 6) is 0.647. The van der Waals surface area contributed by atoms with Crippen LogP contribution in [0.2, 0.25) is 0 Å². The maximum absolute atomic E-state index is 12.5. The first-order chi connectivity index (χ1) is 12.7. The molecule has 1 saturated heterocycles. The van der Waals surface area contributed by atoms with Crippen LogP contribution in [0.5, 0.6) is 0 Å². The van der Waals surface area contributed by atoms with E-state index >= 15 is 0 Å². The molecule has 1 fully saturated rings. The highest BCUT2D eigenvalue weighted by molar-refractivity contribution is 5.79. The lowest BCUT2D eigenvalue weighted by Gasteiger charge is -2.32. The van der Waals surface area contributed by atoms with Crippen molar-refractivity contribution in [2.75, 3.05) is 24.6 Å². The van der Waals surface area contributed by atoms with Crippen molar-refractivity contribution in [2.24, 2.45) is 5.92 Å². The van der Waals surface area contributed by atoms with Crippen LogP contribution >= 0.6 is 0 Å². The Kier molecular flexibility index (Phi) is 6.01. The molecule has 1 aromatic carbocycles. The van der Waals surface area contributed by atoms with Gasteiger partial charge in [0.2, 0.25) is 5.91 Å². The molecule has 1 amide bonds. The lowest BCUT2D eigenvalue weighted by molar-refractivity contribution is -0.126. The summed E-state index contributed by atoms with van der Waals surface area (Å²) in [6, 6.07) is 12.7. The van der Waals surface area contributed by atoms with Crippen molar-refractivity contribution >= 4 is 11.7 Å². The molecule has 7 heteroatoms. The standard InChI is InChI=1S/C19H24N4O3/c24-13-16(12-14-4-2-1-3-5-14)20-19(26)15-8-10-23(11-9-15)17-6-7-18(25)22-21-17/h1-7,15-16,24H,8-13H2,(H,20,26)(H,22,25)/t16-/m1/s1. The van der Waals surface area contributed by atoms with Crippen LogP contribution in [0.15, 0.2) is 47.3 Å². The topological polar surface area (TPSA) is 98.3 Å². The fraction of sp³-hybridized carbons (Fsp3) is 0.421. The highest BCUT2D eigenvalue weighted by Crippen LogP contribution is 2.21. The highest BCUT2D eigenvalue weighted by atomic mass is 16.3. The minimum Gasteiger partial charge on any atom is -0.394 e. The van der Waals surface area contributed by atoms with Crippen LogP contribution in [-0.4, -0.2) is 46.9 Å². The summed E-state index contributed by atoms with van der Waals surface area (Å²) < 4.78 is 0. The van der Waals surface area contributed by atoms with Crippen LogP contribution in [0.1, 0.15) is 18.4 Å². The second-order valence-electron chi connectivity index (χ2n) is 6.62. The monoisotopic (exact) mass is 356 g/mol. The number of H-pyrrole nitrogens is 1. The number of hydrogen-bond acceptors (Lipinski definition) is 5. The number of anilines is 1. The van der Waals surface area contributed by atoms with Gasteiger partial charge in [-0.25, -0.2) is 5.10 Å². The molecule has 7 nitrogen and oxygen atoms in total. The molecule has 0 radical (unpaired) electrons. The number of aromatic amines is 1. The van der Waals surface area contributed by atoms with Gasteiger partial charge >= 0.3 is 0 Å². The van der Waals surface area contributed by atoms with E-state index in [1.807, 2.05) is 30.3 Å². The quantitative estimate of drug-likeness (QED) is 0.708. The molecule has 3 N–H and O–H groups in total. The van der Waals surface area contributed by atoms with Crippen LogP contribution in [0.25, 0.3) is 0 Å². The van der Waals surface area contributed by atoms with Crippen molar-refractivity contribution in [3.63, 3.8) is 0 Å². The molecule has 0 spiro atoms. The lowest BCUT2D eigenvalue weighted by Crippen LogP contribution is -2.46. The summed E-state index contributed by atoms with van der Waals surface area (Å²) in [6.45, 7) is 1.33. The number of aliphatic hydroxyl groups is 1. The molecule has 1 aliphatic rings. The molecule has 26 heavy (non-hydrogen) atoms. The molecule has 2 aromatic rings. The Hall–Kier alpha value is -2.67. The van der Waals surface area contributed by atoms with Gasteiger partial charge < -0.3 is 15.3 Å². The number of nitrogens with zero attached hydrogens (tertiary/aromatic N) is 2. The van der Waals surface area contributed by atoms with Crippen LogP contribution in [0.3, 0.4) is 0 Å². The van der Waals surface area contributed by atoms with Crippen molar-refractivity contribution in [1.29, 1.82) is 0 Å². The Labute approximate surface area is 152 Å². The molecule has 2 heterocycles.